The van der Waals surface area contributed by atoms with Crippen LogP contribution < -0.4 is 4.90 Å². The molecule has 1 unspecified atom stereocenters. The van der Waals surface area contributed by atoms with Crippen LogP contribution in [0.5, 0.6) is 0 Å². The molecule has 1 aliphatic heterocycles. The summed E-state index contributed by atoms with van der Waals surface area (Å²) in [7, 11) is 0. The summed E-state index contributed by atoms with van der Waals surface area (Å²) in [5.74, 6) is 0. The molecule has 2 nitrogen and oxygen atoms in total. The van der Waals surface area contributed by atoms with Crippen molar-refractivity contribution < 1.29 is 0 Å². The van der Waals surface area contributed by atoms with Crippen molar-refractivity contribution in [3.8, 4) is 6.07 Å². The largest absolute Gasteiger partial charge is 0.367 e. The number of benzene rings is 1. The van der Waals surface area contributed by atoms with Crippen LogP contribution in [0.25, 0.3) is 0 Å². The summed E-state index contributed by atoms with van der Waals surface area (Å²) in [5, 5.41) is 9.13. The molecule has 0 amide bonds. The van der Waals surface area contributed by atoms with E-state index in [4.69, 9.17) is 5.26 Å². The second-order valence-electron chi connectivity index (χ2n) is 4.38. The highest BCUT2D eigenvalue weighted by Crippen LogP contribution is 2.28. The molecule has 1 saturated heterocycles. The Balaban J connectivity index is 2.31. The molecule has 1 aliphatic rings. The van der Waals surface area contributed by atoms with Gasteiger partial charge in [-0.05, 0) is 37.8 Å². The normalized spacial score (nSPS) is 20.5. The van der Waals surface area contributed by atoms with Gasteiger partial charge >= 0.3 is 0 Å². The summed E-state index contributed by atoms with van der Waals surface area (Å²) in [6.45, 7) is 3.33. The van der Waals surface area contributed by atoms with Gasteiger partial charge in [0.25, 0.3) is 0 Å². The third kappa shape index (κ3) is 2.04. The lowest BCUT2D eigenvalue weighted by Gasteiger charge is -2.37. The first-order valence-corrected chi connectivity index (χ1v) is 6.12. The minimum atomic E-state index is 0.614. The van der Waals surface area contributed by atoms with Gasteiger partial charge in [-0.1, -0.05) is 19.1 Å². The van der Waals surface area contributed by atoms with E-state index in [0.29, 0.717) is 6.04 Å². The Morgan fingerprint density at radius 2 is 2.19 bits per heavy atom. The number of hydrogen-bond acceptors (Lipinski definition) is 2. The van der Waals surface area contributed by atoms with Crippen LogP contribution in [0.4, 0.5) is 5.69 Å². The van der Waals surface area contributed by atoms with Crippen LogP contribution in [0.15, 0.2) is 24.3 Å². The summed E-state index contributed by atoms with van der Waals surface area (Å²) in [6.07, 6.45) is 5.00. The van der Waals surface area contributed by atoms with Crippen molar-refractivity contribution in [2.45, 2.75) is 38.6 Å². The second kappa shape index (κ2) is 5.03. The van der Waals surface area contributed by atoms with Gasteiger partial charge in [0.2, 0.25) is 0 Å². The van der Waals surface area contributed by atoms with Gasteiger partial charge in [-0.2, -0.15) is 5.26 Å². The fourth-order valence-corrected chi connectivity index (χ4v) is 2.56. The lowest BCUT2D eigenvalue weighted by molar-refractivity contribution is 0.450. The van der Waals surface area contributed by atoms with E-state index in [1.807, 2.05) is 18.2 Å². The molecule has 84 valence electrons. The molecule has 0 N–H and O–H groups in total. The Morgan fingerprint density at radius 3 is 2.94 bits per heavy atom. The molecule has 0 aromatic heterocycles. The van der Waals surface area contributed by atoms with Crippen LogP contribution in [0.2, 0.25) is 0 Å². The van der Waals surface area contributed by atoms with E-state index in [0.717, 1.165) is 17.8 Å². The van der Waals surface area contributed by atoms with Gasteiger partial charge in [-0.25, -0.2) is 0 Å². The monoisotopic (exact) mass is 214 g/mol. The first kappa shape index (κ1) is 11.0. The number of hydrogen-bond donors (Lipinski definition) is 0. The van der Waals surface area contributed by atoms with Gasteiger partial charge in [0.05, 0.1) is 11.3 Å². The van der Waals surface area contributed by atoms with E-state index in [1.54, 1.807) is 0 Å². The van der Waals surface area contributed by atoms with Crippen LogP contribution >= 0.6 is 0 Å². The maximum Gasteiger partial charge on any atom is 0.101 e. The SMILES string of the molecule is CCC1CCCCN1c1ccccc1C#N. The summed E-state index contributed by atoms with van der Waals surface area (Å²) in [4.78, 5) is 2.42. The van der Waals surface area contributed by atoms with Gasteiger partial charge in [-0.15, -0.1) is 0 Å². The van der Waals surface area contributed by atoms with Crippen molar-refractivity contribution in [2.75, 3.05) is 11.4 Å². The van der Waals surface area contributed by atoms with Crippen LogP contribution in [-0.2, 0) is 0 Å². The molecule has 16 heavy (non-hydrogen) atoms. The van der Waals surface area contributed by atoms with Gasteiger partial charge < -0.3 is 4.90 Å². The van der Waals surface area contributed by atoms with Crippen molar-refractivity contribution in [1.29, 1.82) is 5.26 Å². The molecule has 0 bridgehead atoms. The summed E-state index contributed by atoms with van der Waals surface area (Å²) >= 11 is 0. The maximum atomic E-state index is 9.13. The molecule has 0 saturated carbocycles. The Labute approximate surface area is 97.5 Å². The second-order valence-corrected chi connectivity index (χ2v) is 4.38. The third-order valence-electron chi connectivity index (χ3n) is 3.43. The summed E-state index contributed by atoms with van der Waals surface area (Å²) in [6, 6.07) is 10.9. The minimum Gasteiger partial charge on any atom is -0.367 e. The van der Waals surface area contributed by atoms with E-state index in [1.165, 1.54) is 25.7 Å². The highest BCUT2D eigenvalue weighted by Gasteiger charge is 2.22. The van der Waals surface area contributed by atoms with Crippen molar-refractivity contribution in [3.63, 3.8) is 0 Å². The molecule has 0 aliphatic carbocycles. The van der Waals surface area contributed by atoms with E-state index >= 15 is 0 Å². The van der Waals surface area contributed by atoms with Gasteiger partial charge in [0, 0.05) is 12.6 Å². The smallest absolute Gasteiger partial charge is 0.101 e. The Bertz CT molecular complexity index is 392. The van der Waals surface area contributed by atoms with Gasteiger partial charge in [0.15, 0.2) is 0 Å². The van der Waals surface area contributed by atoms with Crippen LogP contribution in [0.1, 0.15) is 38.2 Å². The Hall–Kier alpha value is -1.49. The van der Waals surface area contributed by atoms with E-state index in [9.17, 15) is 0 Å². The Kier molecular flexibility index (Phi) is 3.46. The molecule has 2 heteroatoms. The van der Waals surface area contributed by atoms with Crippen molar-refractivity contribution in [1.82, 2.24) is 0 Å². The zero-order valence-electron chi connectivity index (χ0n) is 9.82. The predicted molar refractivity (Wildman–Crippen MR) is 66.4 cm³/mol. The topological polar surface area (TPSA) is 27.0 Å². The van der Waals surface area contributed by atoms with Crippen molar-refractivity contribution in [3.05, 3.63) is 29.8 Å². The highest BCUT2D eigenvalue weighted by atomic mass is 15.2. The van der Waals surface area contributed by atoms with Crippen LogP contribution in [0, 0.1) is 11.3 Å². The average molecular weight is 214 g/mol. The Morgan fingerprint density at radius 1 is 1.38 bits per heavy atom. The predicted octanol–water partition coefficient (Wildman–Crippen LogP) is 3.33. The van der Waals surface area contributed by atoms with Crippen LogP contribution in [0.3, 0.4) is 0 Å². The summed E-state index contributed by atoms with van der Waals surface area (Å²) < 4.78 is 0. The number of para-hydroxylation sites is 1. The number of nitrogens with zero attached hydrogens (tertiary/aromatic N) is 2. The molecule has 1 atom stereocenters. The fraction of sp³-hybridized carbons (Fsp3) is 0.500. The number of rotatable bonds is 2. The number of piperidine rings is 1. The highest BCUT2D eigenvalue weighted by molar-refractivity contribution is 5.60. The molecule has 1 fully saturated rings. The van der Waals surface area contributed by atoms with Gasteiger partial charge in [0.1, 0.15) is 6.07 Å². The van der Waals surface area contributed by atoms with Crippen LogP contribution in [-0.4, -0.2) is 12.6 Å². The fourth-order valence-electron chi connectivity index (χ4n) is 2.56. The standard InChI is InChI=1S/C14H18N2/c1-2-13-8-5-6-10-16(13)14-9-4-3-7-12(14)11-15/h3-4,7,9,13H,2,5-6,8,10H2,1H3. The van der Waals surface area contributed by atoms with Gasteiger partial charge in [-0.3, -0.25) is 0 Å². The first-order chi connectivity index (χ1) is 7.86. The van der Waals surface area contributed by atoms with E-state index < -0.39 is 0 Å². The average Bonchev–Trinajstić information content (AvgIpc) is 2.38. The lowest BCUT2D eigenvalue weighted by Crippen LogP contribution is -2.39. The minimum absolute atomic E-state index is 0.614. The zero-order chi connectivity index (χ0) is 11.4. The number of nitriles is 1. The lowest BCUT2D eigenvalue weighted by atomic mass is 9.98. The molecular weight excluding hydrogens is 196 g/mol. The van der Waals surface area contributed by atoms with E-state index in [2.05, 4.69) is 24.0 Å². The molecular formula is C14H18N2. The van der Waals surface area contributed by atoms with Crippen molar-refractivity contribution >= 4 is 5.69 Å². The molecule has 0 radical (unpaired) electrons. The zero-order valence-corrected chi connectivity index (χ0v) is 9.82. The molecule has 0 spiro atoms. The first-order valence-electron chi connectivity index (χ1n) is 6.12. The molecule has 1 heterocycles. The molecule has 1 aromatic rings. The number of anilines is 1. The molecule has 2 rings (SSSR count). The van der Waals surface area contributed by atoms with Crippen molar-refractivity contribution in [2.24, 2.45) is 0 Å². The quantitative estimate of drug-likeness (QED) is 0.755. The third-order valence-corrected chi connectivity index (χ3v) is 3.43. The molecule has 1 aromatic carbocycles. The summed E-state index contributed by atoms with van der Waals surface area (Å²) in [5.41, 5.74) is 1.93. The maximum absolute atomic E-state index is 9.13. The van der Waals surface area contributed by atoms with E-state index in [-0.39, 0.29) is 0 Å².